The molecule has 3 heterocycles. The maximum atomic E-state index is 13.4. The van der Waals surface area contributed by atoms with E-state index in [2.05, 4.69) is 20.1 Å². The Morgan fingerprint density at radius 1 is 1.44 bits per heavy atom. The summed E-state index contributed by atoms with van der Waals surface area (Å²) in [4.78, 5) is 6.81. The predicted octanol–water partition coefficient (Wildman–Crippen LogP) is 4.42. The van der Waals surface area contributed by atoms with Gasteiger partial charge in [-0.3, -0.25) is 4.90 Å². The molecule has 1 atom stereocenters. The Morgan fingerprint density at radius 2 is 2.33 bits per heavy atom. The second kappa shape index (κ2) is 8.17. The second-order valence-electron chi connectivity index (χ2n) is 6.36. The Balaban J connectivity index is 1.47. The van der Waals surface area contributed by atoms with E-state index in [1.54, 1.807) is 23.9 Å². The number of aromatic nitrogens is 4. The monoisotopic (exact) mass is 423 g/mol. The van der Waals surface area contributed by atoms with Crippen LogP contribution >= 0.6 is 35.3 Å². The number of benzene rings is 1. The SMILES string of the molecule is CSc1nn(CN2CCC[C@@H](c3nc(-c4cccc(F)c4)no3)C2)c(=S)s1. The molecule has 1 fully saturated rings. The Kier molecular flexibility index (Phi) is 5.67. The summed E-state index contributed by atoms with van der Waals surface area (Å²) in [5.41, 5.74) is 0.621. The van der Waals surface area contributed by atoms with Gasteiger partial charge < -0.3 is 4.52 Å². The lowest BCUT2D eigenvalue weighted by molar-refractivity contribution is 0.143. The van der Waals surface area contributed by atoms with E-state index < -0.39 is 0 Å². The van der Waals surface area contributed by atoms with Gasteiger partial charge in [0.15, 0.2) is 8.29 Å². The van der Waals surface area contributed by atoms with Crippen molar-refractivity contribution in [2.24, 2.45) is 0 Å². The molecule has 0 N–H and O–H groups in total. The summed E-state index contributed by atoms with van der Waals surface area (Å²) in [6, 6.07) is 6.23. The number of nitrogens with zero attached hydrogens (tertiary/aromatic N) is 5. The zero-order chi connectivity index (χ0) is 18.8. The van der Waals surface area contributed by atoms with E-state index in [-0.39, 0.29) is 11.7 Å². The van der Waals surface area contributed by atoms with E-state index in [1.807, 2.05) is 10.9 Å². The smallest absolute Gasteiger partial charge is 0.231 e. The highest BCUT2D eigenvalue weighted by molar-refractivity contribution is 8.00. The van der Waals surface area contributed by atoms with Gasteiger partial charge in [0.2, 0.25) is 11.7 Å². The van der Waals surface area contributed by atoms with Crippen LogP contribution in [-0.4, -0.2) is 44.2 Å². The fourth-order valence-electron chi connectivity index (χ4n) is 3.18. The molecule has 142 valence electrons. The van der Waals surface area contributed by atoms with Gasteiger partial charge in [-0.05, 0) is 50.0 Å². The molecule has 0 spiro atoms. The van der Waals surface area contributed by atoms with Gasteiger partial charge in [-0.25, -0.2) is 9.07 Å². The largest absolute Gasteiger partial charge is 0.339 e. The fraction of sp³-hybridized carbons (Fsp3) is 0.412. The molecule has 3 aromatic rings. The van der Waals surface area contributed by atoms with Crippen LogP contribution in [0.15, 0.2) is 33.1 Å². The Labute approximate surface area is 169 Å². The third-order valence-electron chi connectivity index (χ3n) is 4.48. The number of hydrogen-bond acceptors (Lipinski definition) is 8. The summed E-state index contributed by atoms with van der Waals surface area (Å²) in [6.45, 7) is 2.45. The van der Waals surface area contributed by atoms with Crippen molar-refractivity contribution in [2.45, 2.75) is 29.8 Å². The van der Waals surface area contributed by atoms with Crippen LogP contribution in [0.25, 0.3) is 11.4 Å². The summed E-state index contributed by atoms with van der Waals surface area (Å²) in [5.74, 6) is 0.868. The van der Waals surface area contributed by atoms with Gasteiger partial charge >= 0.3 is 0 Å². The minimum Gasteiger partial charge on any atom is -0.339 e. The first-order chi connectivity index (χ1) is 13.1. The van der Waals surface area contributed by atoms with E-state index in [9.17, 15) is 4.39 Å². The molecule has 0 saturated carbocycles. The van der Waals surface area contributed by atoms with Gasteiger partial charge in [0.25, 0.3) is 0 Å². The minimum absolute atomic E-state index is 0.154. The number of piperidine rings is 1. The van der Waals surface area contributed by atoms with Gasteiger partial charge in [0.1, 0.15) is 5.82 Å². The lowest BCUT2D eigenvalue weighted by Crippen LogP contribution is -2.36. The molecule has 1 aromatic carbocycles. The summed E-state index contributed by atoms with van der Waals surface area (Å²) in [7, 11) is 0. The average molecular weight is 424 g/mol. The van der Waals surface area contributed by atoms with Crippen LogP contribution in [0.2, 0.25) is 0 Å². The van der Waals surface area contributed by atoms with Crippen molar-refractivity contribution in [3.05, 3.63) is 39.9 Å². The molecular formula is C17H18FN5OS3. The molecule has 0 bridgehead atoms. The molecule has 2 aromatic heterocycles. The van der Waals surface area contributed by atoms with Crippen molar-refractivity contribution in [3.63, 3.8) is 0 Å². The highest BCUT2D eigenvalue weighted by Crippen LogP contribution is 2.28. The zero-order valence-electron chi connectivity index (χ0n) is 14.7. The van der Waals surface area contributed by atoms with E-state index in [1.165, 1.54) is 23.5 Å². The van der Waals surface area contributed by atoms with Crippen LogP contribution in [0.3, 0.4) is 0 Å². The van der Waals surface area contributed by atoms with Crippen molar-refractivity contribution in [1.29, 1.82) is 0 Å². The molecular weight excluding hydrogens is 405 g/mol. The molecule has 4 rings (SSSR count). The quantitative estimate of drug-likeness (QED) is 0.445. The van der Waals surface area contributed by atoms with E-state index >= 15 is 0 Å². The van der Waals surface area contributed by atoms with Crippen molar-refractivity contribution in [3.8, 4) is 11.4 Å². The molecule has 1 aliphatic heterocycles. The van der Waals surface area contributed by atoms with Gasteiger partial charge in [0, 0.05) is 12.1 Å². The average Bonchev–Trinajstić information content (AvgIpc) is 3.29. The number of hydrogen-bond donors (Lipinski definition) is 0. The summed E-state index contributed by atoms with van der Waals surface area (Å²) in [6.07, 6.45) is 4.02. The van der Waals surface area contributed by atoms with Crippen LogP contribution in [0.1, 0.15) is 24.7 Å². The molecule has 0 radical (unpaired) electrons. The maximum absolute atomic E-state index is 13.4. The van der Waals surface area contributed by atoms with Crippen molar-refractivity contribution in [2.75, 3.05) is 19.3 Å². The number of thioether (sulfide) groups is 1. The summed E-state index contributed by atoms with van der Waals surface area (Å²) < 4.78 is 22.5. The van der Waals surface area contributed by atoms with Gasteiger partial charge in [0.05, 0.1) is 12.6 Å². The predicted molar refractivity (Wildman–Crippen MR) is 106 cm³/mol. The van der Waals surface area contributed by atoms with Crippen molar-refractivity contribution < 1.29 is 8.91 Å². The first kappa shape index (κ1) is 18.7. The van der Waals surface area contributed by atoms with Crippen LogP contribution in [-0.2, 0) is 6.67 Å². The van der Waals surface area contributed by atoms with E-state index in [0.29, 0.717) is 23.9 Å². The maximum Gasteiger partial charge on any atom is 0.231 e. The lowest BCUT2D eigenvalue weighted by atomic mass is 9.98. The normalized spacial score (nSPS) is 18.1. The van der Waals surface area contributed by atoms with Crippen LogP contribution < -0.4 is 0 Å². The standard InChI is InChI=1S/C17H18FN5OS3/c1-26-16-20-23(17(25)27-16)10-22-7-3-5-12(9-22)15-19-14(21-24-15)11-4-2-6-13(18)8-11/h2,4,6,8,12H,3,5,7,9-10H2,1H3/t12-/m1/s1. The summed E-state index contributed by atoms with van der Waals surface area (Å²) >= 11 is 8.55. The topological polar surface area (TPSA) is 60.0 Å². The van der Waals surface area contributed by atoms with Gasteiger partial charge in [-0.15, -0.1) is 0 Å². The van der Waals surface area contributed by atoms with Crippen LogP contribution in [0, 0.1) is 9.77 Å². The number of rotatable bonds is 5. The first-order valence-corrected chi connectivity index (χ1v) is 11.0. The molecule has 0 aliphatic carbocycles. The minimum atomic E-state index is -0.313. The second-order valence-corrected chi connectivity index (χ2v) is 9.04. The Hall–Kier alpha value is -1.62. The van der Waals surface area contributed by atoms with Gasteiger partial charge in [-0.2, -0.15) is 10.1 Å². The molecule has 0 amide bonds. The molecule has 27 heavy (non-hydrogen) atoms. The fourth-order valence-corrected chi connectivity index (χ4v) is 4.92. The Morgan fingerprint density at radius 3 is 3.11 bits per heavy atom. The number of likely N-dealkylation sites (tertiary alicyclic amines) is 1. The molecule has 1 saturated heterocycles. The molecule has 1 aliphatic rings. The molecule has 0 unspecified atom stereocenters. The van der Waals surface area contributed by atoms with Crippen molar-refractivity contribution in [1.82, 2.24) is 24.8 Å². The lowest BCUT2D eigenvalue weighted by Gasteiger charge is -2.30. The molecule has 10 heteroatoms. The van der Waals surface area contributed by atoms with E-state index in [4.69, 9.17) is 16.7 Å². The molecule has 6 nitrogen and oxygen atoms in total. The highest BCUT2D eigenvalue weighted by Gasteiger charge is 2.26. The summed E-state index contributed by atoms with van der Waals surface area (Å²) in [5, 5.41) is 8.57. The van der Waals surface area contributed by atoms with Crippen LogP contribution in [0.4, 0.5) is 4.39 Å². The third-order valence-corrected chi connectivity index (χ3v) is 6.76. The highest BCUT2D eigenvalue weighted by atomic mass is 32.2. The zero-order valence-corrected chi connectivity index (χ0v) is 17.1. The first-order valence-electron chi connectivity index (χ1n) is 8.56. The van der Waals surface area contributed by atoms with Crippen LogP contribution in [0.5, 0.6) is 0 Å². The Bertz CT molecular complexity index is 985. The van der Waals surface area contributed by atoms with Crippen molar-refractivity contribution >= 4 is 35.3 Å². The van der Waals surface area contributed by atoms with Gasteiger partial charge in [-0.1, -0.05) is 40.4 Å². The third kappa shape index (κ3) is 4.29. The van der Waals surface area contributed by atoms with E-state index in [0.717, 1.165) is 34.2 Å². The number of halogens is 1.